The Labute approximate surface area is 137 Å². The minimum absolute atomic E-state index is 0.0159. The van der Waals surface area contributed by atoms with Gasteiger partial charge in [-0.05, 0) is 63.1 Å². The number of rotatable bonds is 6. The van der Waals surface area contributed by atoms with Crippen LogP contribution in [-0.4, -0.2) is 19.1 Å². The first kappa shape index (κ1) is 16.9. The number of benzene rings is 2. The van der Waals surface area contributed by atoms with Crippen molar-refractivity contribution in [2.24, 2.45) is 0 Å². The third-order valence-electron chi connectivity index (χ3n) is 3.40. The molecule has 4 nitrogen and oxygen atoms in total. The molecule has 0 aliphatic carbocycles. The number of aryl methyl sites for hydroxylation is 3. The van der Waals surface area contributed by atoms with Gasteiger partial charge in [0.05, 0.1) is 6.61 Å². The maximum atomic E-state index is 12.0. The molecule has 1 N–H and O–H groups in total. The van der Waals surface area contributed by atoms with Gasteiger partial charge in [-0.2, -0.15) is 0 Å². The Morgan fingerprint density at radius 3 is 2.17 bits per heavy atom. The Balaban J connectivity index is 1.93. The molecule has 0 spiro atoms. The molecule has 0 aliphatic heterocycles. The third kappa shape index (κ3) is 4.74. The van der Waals surface area contributed by atoms with Gasteiger partial charge in [0.25, 0.3) is 5.91 Å². The first-order chi connectivity index (χ1) is 11.0. The van der Waals surface area contributed by atoms with Gasteiger partial charge in [0.2, 0.25) is 0 Å². The molecule has 0 radical (unpaired) electrons. The van der Waals surface area contributed by atoms with E-state index in [1.54, 1.807) is 0 Å². The molecule has 0 heterocycles. The Hall–Kier alpha value is -2.49. The number of hydrogen-bond acceptors (Lipinski definition) is 3. The molecule has 0 saturated carbocycles. The van der Waals surface area contributed by atoms with Crippen LogP contribution in [0.25, 0.3) is 0 Å². The van der Waals surface area contributed by atoms with Crippen LogP contribution < -0.4 is 14.8 Å². The summed E-state index contributed by atoms with van der Waals surface area (Å²) in [6.07, 6.45) is 0. The Bertz CT molecular complexity index is 655. The smallest absolute Gasteiger partial charge is 0.262 e. The average Bonchev–Trinajstić information content (AvgIpc) is 2.48. The highest BCUT2D eigenvalue weighted by molar-refractivity contribution is 5.91. The maximum absolute atomic E-state index is 12.0. The van der Waals surface area contributed by atoms with Crippen molar-refractivity contribution < 1.29 is 14.3 Å². The molecule has 2 aromatic carbocycles. The second-order valence-electron chi connectivity index (χ2n) is 5.52. The summed E-state index contributed by atoms with van der Waals surface area (Å²) in [6.45, 7) is 8.55. The fourth-order valence-corrected chi connectivity index (χ4v) is 2.53. The molecule has 0 unspecified atom stereocenters. The molecule has 4 heteroatoms. The van der Waals surface area contributed by atoms with Crippen molar-refractivity contribution in [2.45, 2.75) is 27.7 Å². The molecule has 122 valence electrons. The van der Waals surface area contributed by atoms with Gasteiger partial charge < -0.3 is 14.8 Å². The van der Waals surface area contributed by atoms with Crippen molar-refractivity contribution in [2.75, 3.05) is 18.5 Å². The van der Waals surface area contributed by atoms with E-state index in [4.69, 9.17) is 9.47 Å². The van der Waals surface area contributed by atoms with Gasteiger partial charge in [-0.1, -0.05) is 17.7 Å². The molecule has 0 bridgehead atoms. The van der Waals surface area contributed by atoms with Gasteiger partial charge >= 0.3 is 0 Å². The first-order valence-electron chi connectivity index (χ1n) is 7.73. The minimum Gasteiger partial charge on any atom is -0.494 e. The van der Waals surface area contributed by atoms with Gasteiger partial charge in [-0.25, -0.2) is 0 Å². The Kier molecular flexibility index (Phi) is 5.63. The molecule has 1 amide bonds. The van der Waals surface area contributed by atoms with Crippen molar-refractivity contribution in [1.29, 1.82) is 0 Å². The molecule has 2 rings (SSSR count). The van der Waals surface area contributed by atoms with Crippen LogP contribution in [0, 0.1) is 20.8 Å². The standard InChI is InChI=1S/C19H23NO3/c1-5-22-17-8-6-16(7-9-17)20-18(21)12-23-19-14(3)10-13(2)11-15(19)4/h6-11H,5,12H2,1-4H3,(H,20,21). The van der Waals surface area contributed by atoms with Gasteiger partial charge in [0.1, 0.15) is 11.5 Å². The van der Waals surface area contributed by atoms with E-state index in [1.807, 2.05) is 64.1 Å². The summed E-state index contributed by atoms with van der Waals surface area (Å²) in [5.41, 5.74) is 3.98. The van der Waals surface area contributed by atoms with E-state index < -0.39 is 0 Å². The van der Waals surface area contributed by atoms with Crippen LogP contribution >= 0.6 is 0 Å². The third-order valence-corrected chi connectivity index (χ3v) is 3.40. The summed E-state index contributed by atoms with van der Waals surface area (Å²) < 4.78 is 11.1. The molecule has 0 fully saturated rings. The highest BCUT2D eigenvalue weighted by Crippen LogP contribution is 2.24. The molecule has 0 aromatic heterocycles. The average molecular weight is 313 g/mol. The Morgan fingerprint density at radius 2 is 1.61 bits per heavy atom. The molecular weight excluding hydrogens is 290 g/mol. The van der Waals surface area contributed by atoms with Crippen LogP contribution in [0.3, 0.4) is 0 Å². The van der Waals surface area contributed by atoms with Gasteiger partial charge in [0, 0.05) is 5.69 Å². The number of amides is 1. The van der Waals surface area contributed by atoms with Crippen LogP contribution in [0.5, 0.6) is 11.5 Å². The monoisotopic (exact) mass is 313 g/mol. The fraction of sp³-hybridized carbons (Fsp3) is 0.316. The molecule has 2 aromatic rings. The van der Waals surface area contributed by atoms with Gasteiger partial charge in [-0.15, -0.1) is 0 Å². The van der Waals surface area contributed by atoms with E-state index in [9.17, 15) is 4.79 Å². The number of hydrogen-bond donors (Lipinski definition) is 1. The summed E-state index contributed by atoms with van der Waals surface area (Å²) in [6, 6.07) is 11.4. The van der Waals surface area contributed by atoms with Crippen molar-refractivity contribution in [3.63, 3.8) is 0 Å². The number of carbonyl (C=O) groups excluding carboxylic acids is 1. The second kappa shape index (κ2) is 7.68. The van der Waals surface area contributed by atoms with Crippen molar-refractivity contribution >= 4 is 11.6 Å². The largest absolute Gasteiger partial charge is 0.494 e. The molecule has 0 aliphatic rings. The van der Waals surface area contributed by atoms with E-state index in [0.29, 0.717) is 6.61 Å². The quantitative estimate of drug-likeness (QED) is 0.876. The van der Waals surface area contributed by atoms with E-state index in [1.165, 1.54) is 5.56 Å². The summed E-state index contributed by atoms with van der Waals surface area (Å²) in [5.74, 6) is 1.37. The summed E-state index contributed by atoms with van der Waals surface area (Å²) >= 11 is 0. The lowest BCUT2D eigenvalue weighted by Gasteiger charge is -2.13. The van der Waals surface area contributed by atoms with Crippen LogP contribution in [0.4, 0.5) is 5.69 Å². The van der Waals surface area contributed by atoms with Crippen molar-refractivity contribution in [1.82, 2.24) is 0 Å². The van der Waals surface area contributed by atoms with E-state index in [-0.39, 0.29) is 12.5 Å². The number of anilines is 1. The minimum atomic E-state index is -0.187. The summed E-state index contributed by atoms with van der Waals surface area (Å²) in [7, 11) is 0. The number of ether oxygens (including phenoxy) is 2. The molecule has 0 saturated heterocycles. The molecular formula is C19H23NO3. The number of nitrogens with one attached hydrogen (secondary N) is 1. The highest BCUT2D eigenvalue weighted by atomic mass is 16.5. The summed E-state index contributed by atoms with van der Waals surface area (Å²) in [5, 5.41) is 2.81. The van der Waals surface area contributed by atoms with Crippen LogP contribution in [-0.2, 0) is 4.79 Å². The lowest BCUT2D eigenvalue weighted by Crippen LogP contribution is -2.20. The SMILES string of the molecule is CCOc1ccc(NC(=O)COc2c(C)cc(C)cc2C)cc1. The van der Waals surface area contributed by atoms with Crippen LogP contribution in [0.2, 0.25) is 0 Å². The lowest BCUT2D eigenvalue weighted by molar-refractivity contribution is -0.118. The van der Waals surface area contributed by atoms with Crippen LogP contribution in [0.15, 0.2) is 36.4 Å². The summed E-state index contributed by atoms with van der Waals surface area (Å²) in [4.78, 5) is 12.0. The topological polar surface area (TPSA) is 47.6 Å². The number of carbonyl (C=O) groups is 1. The van der Waals surface area contributed by atoms with Crippen molar-refractivity contribution in [3.05, 3.63) is 53.1 Å². The van der Waals surface area contributed by atoms with E-state index in [2.05, 4.69) is 5.32 Å². The molecule has 23 heavy (non-hydrogen) atoms. The lowest BCUT2D eigenvalue weighted by atomic mass is 10.1. The zero-order valence-electron chi connectivity index (χ0n) is 14.1. The van der Waals surface area contributed by atoms with Gasteiger partial charge in [-0.3, -0.25) is 4.79 Å². The normalized spacial score (nSPS) is 10.3. The predicted octanol–water partition coefficient (Wildman–Crippen LogP) is 4.03. The zero-order chi connectivity index (χ0) is 16.8. The van der Waals surface area contributed by atoms with Crippen molar-refractivity contribution in [3.8, 4) is 11.5 Å². The van der Waals surface area contributed by atoms with Crippen LogP contribution in [0.1, 0.15) is 23.6 Å². The second-order valence-corrected chi connectivity index (χ2v) is 5.52. The first-order valence-corrected chi connectivity index (χ1v) is 7.73. The van der Waals surface area contributed by atoms with Gasteiger partial charge in [0.15, 0.2) is 6.61 Å². The maximum Gasteiger partial charge on any atom is 0.262 e. The molecule has 0 atom stereocenters. The predicted molar refractivity (Wildman–Crippen MR) is 92.4 cm³/mol. The Morgan fingerprint density at radius 1 is 1.00 bits per heavy atom. The zero-order valence-corrected chi connectivity index (χ0v) is 14.1. The van der Waals surface area contributed by atoms with E-state index in [0.717, 1.165) is 28.3 Å². The fourth-order valence-electron chi connectivity index (χ4n) is 2.53. The highest BCUT2D eigenvalue weighted by Gasteiger charge is 2.08. The van der Waals surface area contributed by atoms with E-state index >= 15 is 0 Å².